The summed E-state index contributed by atoms with van der Waals surface area (Å²) in [7, 11) is 0. The molecule has 2 atom stereocenters. The van der Waals surface area contributed by atoms with Crippen LogP contribution in [0.2, 0.25) is 0 Å². The maximum absolute atomic E-state index is 3.72. The maximum atomic E-state index is 3.72. The topological polar surface area (TPSA) is 12.0 Å². The van der Waals surface area contributed by atoms with Crippen LogP contribution >= 0.6 is 31.9 Å². The van der Waals surface area contributed by atoms with Crippen molar-refractivity contribution in [2.24, 2.45) is 11.8 Å². The van der Waals surface area contributed by atoms with Crippen molar-refractivity contribution in [3.05, 3.63) is 27.1 Å². The summed E-state index contributed by atoms with van der Waals surface area (Å²) >= 11 is 7.14. The normalized spacial score (nSPS) is 28.1. The van der Waals surface area contributed by atoms with Crippen LogP contribution in [0.5, 0.6) is 0 Å². The van der Waals surface area contributed by atoms with Gasteiger partial charge in [-0.05, 0) is 71.6 Å². The van der Waals surface area contributed by atoms with E-state index in [-0.39, 0.29) is 0 Å². The van der Waals surface area contributed by atoms with Crippen molar-refractivity contribution in [2.75, 3.05) is 5.32 Å². The Kier molecular flexibility index (Phi) is 4.00. The number of anilines is 1. The first kappa shape index (κ1) is 13.0. The van der Waals surface area contributed by atoms with Gasteiger partial charge < -0.3 is 5.32 Å². The SMILES string of the molecule is Brc1ccc(NC2CCCC(C3CC3)C2)c(Br)c1. The molecule has 18 heavy (non-hydrogen) atoms. The molecular weight excluding hydrogens is 354 g/mol. The van der Waals surface area contributed by atoms with E-state index in [4.69, 9.17) is 0 Å². The highest BCUT2D eigenvalue weighted by Gasteiger charge is 2.34. The summed E-state index contributed by atoms with van der Waals surface area (Å²) in [5.74, 6) is 2.05. The van der Waals surface area contributed by atoms with E-state index in [9.17, 15) is 0 Å². The molecule has 2 aliphatic rings. The standard InChI is InChI=1S/C15H19Br2N/c16-12-6-7-15(14(17)9-12)18-13-3-1-2-11(8-13)10-4-5-10/h6-7,9-11,13,18H,1-5,8H2. The first-order valence-corrected chi connectivity index (χ1v) is 8.52. The van der Waals surface area contributed by atoms with Gasteiger partial charge in [0.25, 0.3) is 0 Å². The molecule has 0 bridgehead atoms. The molecule has 98 valence electrons. The van der Waals surface area contributed by atoms with Crippen LogP contribution in [0.25, 0.3) is 0 Å². The third kappa shape index (κ3) is 3.11. The molecule has 2 fully saturated rings. The van der Waals surface area contributed by atoms with Crippen molar-refractivity contribution in [1.29, 1.82) is 0 Å². The van der Waals surface area contributed by atoms with E-state index in [0.29, 0.717) is 6.04 Å². The van der Waals surface area contributed by atoms with Gasteiger partial charge in [-0.3, -0.25) is 0 Å². The van der Waals surface area contributed by atoms with Gasteiger partial charge in [-0.2, -0.15) is 0 Å². The summed E-state index contributed by atoms with van der Waals surface area (Å²) in [5, 5.41) is 3.72. The second kappa shape index (κ2) is 5.54. The zero-order valence-electron chi connectivity index (χ0n) is 10.5. The van der Waals surface area contributed by atoms with Crippen LogP contribution in [0.4, 0.5) is 5.69 Å². The van der Waals surface area contributed by atoms with Gasteiger partial charge in [0.05, 0.1) is 0 Å². The average molecular weight is 373 g/mol. The van der Waals surface area contributed by atoms with Gasteiger partial charge in [-0.15, -0.1) is 0 Å². The Morgan fingerprint density at radius 2 is 1.83 bits per heavy atom. The Balaban J connectivity index is 1.64. The third-order valence-electron chi connectivity index (χ3n) is 4.29. The summed E-state index contributed by atoms with van der Waals surface area (Å²) in [6.07, 6.45) is 8.52. The lowest BCUT2D eigenvalue weighted by Gasteiger charge is -2.30. The quantitative estimate of drug-likeness (QED) is 0.728. The molecule has 3 rings (SSSR count). The van der Waals surface area contributed by atoms with E-state index in [1.807, 2.05) is 0 Å². The molecule has 2 saturated carbocycles. The molecule has 1 aromatic carbocycles. The fourth-order valence-electron chi connectivity index (χ4n) is 3.18. The Morgan fingerprint density at radius 3 is 2.56 bits per heavy atom. The number of hydrogen-bond acceptors (Lipinski definition) is 1. The van der Waals surface area contributed by atoms with Crippen LogP contribution in [-0.2, 0) is 0 Å². The molecule has 0 aromatic heterocycles. The molecule has 0 spiro atoms. The average Bonchev–Trinajstić information content (AvgIpc) is 3.17. The first-order valence-electron chi connectivity index (χ1n) is 6.94. The Labute approximate surface area is 126 Å². The second-order valence-corrected chi connectivity index (χ2v) is 7.50. The lowest BCUT2D eigenvalue weighted by atomic mass is 9.82. The molecule has 3 heteroatoms. The predicted molar refractivity (Wildman–Crippen MR) is 83.9 cm³/mol. The van der Waals surface area contributed by atoms with E-state index < -0.39 is 0 Å². The van der Waals surface area contributed by atoms with Crippen molar-refractivity contribution in [1.82, 2.24) is 0 Å². The molecule has 0 amide bonds. The number of hydrogen-bond donors (Lipinski definition) is 1. The van der Waals surface area contributed by atoms with Gasteiger partial charge in [-0.1, -0.05) is 28.8 Å². The maximum Gasteiger partial charge on any atom is 0.0487 e. The van der Waals surface area contributed by atoms with Crippen LogP contribution in [0.15, 0.2) is 27.1 Å². The van der Waals surface area contributed by atoms with Crippen LogP contribution in [-0.4, -0.2) is 6.04 Å². The number of halogens is 2. The van der Waals surface area contributed by atoms with Crippen LogP contribution in [0.3, 0.4) is 0 Å². The second-order valence-electron chi connectivity index (χ2n) is 5.73. The minimum absolute atomic E-state index is 0.668. The van der Waals surface area contributed by atoms with Crippen molar-refractivity contribution in [3.63, 3.8) is 0 Å². The minimum Gasteiger partial charge on any atom is -0.381 e. The molecule has 2 unspecified atom stereocenters. The van der Waals surface area contributed by atoms with Gasteiger partial charge in [-0.25, -0.2) is 0 Å². The lowest BCUT2D eigenvalue weighted by Crippen LogP contribution is -2.28. The van der Waals surface area contributed by atoms with E-state index >= 15 is 0 Å². The molecule has 0 aliphatic heterocycles. The number of benzene rings is 1. The van der Waals surface area contributed by atoms with Crippen LogP contribution in [0, 0.1) is 11.8 Å². The highest BCUT2D eigenvalue weighted by molar-refractivity contribution is 9.11. The Bertz CT molecular complexity index is 429. The Hall–Kier alpha value is -0.0200. The zero-order valence-corrected chi connectivity index (χ0v) is 13.6. The van der Waals surface area contributed by atoms with Gasteiger partial charge in [0.2, 0.25) is 0 Å². The van der Waals surface area contributed by atoms with Crippen LogP contribution < -0.4 is 5.32 Å². The molecule has 1 aromatic rings. The smallest absolute Gasteiger partial charge is 0.0487 e. The van der Waals surface area contributed by atoms with Crippen molar-refractivity contribution < 1.29 is 0 Å². The molecular formula is C15H19Br2N. The van der Waals surface area contributed by atoms with E-state index in [2.05, 4.69) is 55.4 Å². The molecule has 0 radical (unpaired) electrons. The fraction of sp³-hybridized carbons (Fsp3) is 0.600. The predicted octanol–water partition coefficient (Wildman–Crippen LogP) is 5.59. The largest absolute Gasteiger partial charge is 0.381 e. The summed E-state index contributed by atoms with van der Waals surface area (Å²) < 4.78 is 2.28. The molecule has 0 heterocycles. The third-order valence-corrected chi connectivity index (χ3v) is 5.44. The van der Waals surface area contributed by atoms with Crippen LogP contribution in [0.1, 0.15) is 38.5 Å². The lowest BCUT2D eigenvalue weighted by molar-refractivity contribution is 0.303. The van der Waals surface area contributed by atoms with Crippen molar-refractivity contribution >= 4 is 37.5 Å². The summed E-state index contributed by atoms with van der Waals surface area (Å²) in [6, 6.07) is 7.05. The summed E-state index contributed by atoms with van der Waals surface area (Å²) in [5.41, 5.74) is 1.24. The molecule has 1 N–H and O–H groups in total. The number of rotatable bonds is 3. The summed E-state index contributed by atoms with van der Waals surface area (Å²) in [4.78, 5) is 0. The number of nitrogens with one attached hydrogen (secondary N) is 1. The van der Waals surface area contributed by atoms with Gasteiger partial charge in [0.15, 0.2) is 0 Å². The van der Waals surface area contributed by atoms with E-state index in [1.165, 1.54) is 44.2 Å². The fourth-order valence-corrected chi connectivity index (χ4v) is 4.34. The van der Waals surface area contributed by atoms with Gasteiger partial charge >= 0.3 is 0 Å². The zero-order chi connectivity index (χ0) is 12.5. The highest BCUT2D eigenvalue weighted by Crippen LogP contribution is 2.44. The molecule has 0 saturated heterocycles. The van der Waals surface area contributed by atoms with Crippen molar-refractivity contribution in [3.8, 4) is 0 Å². The molecule has 1 nitrogen and oxygen atoms in total. The molecule has 2 aliphatic carbocycles. The first-order chi connectivity index (χ1) is 8.72. The summed E-state index contributed by atoms with van der Waals surface area (Å²) in [6.45, 7) is 0. The highest BCUT2D eigenvalue weighted by atomic mass is 79.9. The van der Waals surface area contributed by atoms with Crippen molar-refractivity contribution in [2.45, 2.75) is 44.6 Å². The van der Waals surface area contributed by atoms with Gasteiger partial charge in [0, 0.05) is 20.7 Å². The monoisotopic (exact) mass is 371 g/mol. The van der Waals surface area contributed by atoms with E-state index in [1.54, 1.807) is 0 Å². The minimum atomic E-state index is 0.668. The van der Waals surface area contributed by atoms with Gasteiger partial charge in [0.1, 0.15) is 0 Å². The Morgan fingerprint density at radius 1 is 1.00 bits per heavy atom. The van der Waals surface area contributed by atoms with E-state index in [0.717, 1.165) is 20.8 Å².